The molecule has 3 N–H and O–H groups in total. The summed E-state index contributed by atoms with van der Waals surface area (Å²) in [6.07, 6.45) is 3.54. The number of hydrogen-bond acceptors (Lipinski definition) is 2. The van der Waals surface area contributed by atoms with Crippen LogP contribution < -0.4 is 11.1 Å². The molecule has 1 unspecified atom stereocenters. The molecule has 1 aromatic carbocycles. The summed E-state index contributed by atoms with van der Waals surface area (Å²) in [5, 5.41) is 3.62. The average molecular weight is 220 g/mol. The van der Waals surface area contributed by atoms with Crippen LogP contribution in [-0.4, -0.2) is 5.54 Å². The van der Waals surface area contributed by atoms with E-state index in [0.29, 0.717) is 6.54 Å². The van der Waals surface area contributed by atoms with Crippen LogP contribution >= 0.6 is 0 Å². The molecule has 1 rings (SSSR count). The maximum absolute atomic E-state index is 5.58. The summed E-state index contributed by atoms with van der Waals surface area (Å²) in [4.78, 5) is 0. The lowest BCUT2D eigenvalue weighted by Crippen LogP contribution is -2.33. The summed E-state index contributed by atoms with van der Waals surface area (Å²) < 4.78 is 0. The minimum absolute atomic E-state index is 0.207. The first-order valence-electron chi connectivity index (χ1n) is 6.20. The monoisotopic (exact) mass is 220 g/mol. The van der Waals surface area contributed by atoms with Crippen molar-refractivity contribution in [3.8, 4) is 0 Å². The molecule has 2 nitrogen and oxygen atoms in total. The molecule has 0 fully saturated rings. The van der Waals surface area contributed by atoms with Gasteiger partial charge in [0.15, 0.2) is 0 Å². The Morgan fingerprint density at radius 3 is 2.25 bits per heavy atom. The van der Waals surface area contributed by atoms with Crippen LogP contribution in [0.25, 0.3) is 0 Å². The molecule has 0 saturated heterocycles. The lowest BCUT2D eigenvalue weighted by Gasteiger charge is -2.30. The standard InChI is InChI=1S/C14H24N2/c1-4-10-14(3,5-2)16-13-8-6-12(11-15)7-9-13/h6-9,16H,4-5,10-11,15H2,1-3H3. The second-order valence-electron chi connectivity index (χ2n) is 4.69. The van der Waals surface area contributed by atoms with Crippen molar-refractivity contribution in [3.05, 3.63) is 29.8 Å². The van der Waals surface area contributed by atoms with Crippen LogP contribution in [0.4, 0.5) is 5.69 Å². The van der Waals surface area contributed by atoms with Gasteiger partial charge in [-0.1, -0.05) is 32.4 Å². The van der Waals surface area contributed by atoms with E-state index in [9.17, 15) is 0 Å². The Balaban J connectivity index is 2.70. The smallest absolute Gasteiger partial charge is 0.0344 e. The first-order valence-corrected chi connectivity index (χ1v) is 6.20. The number of nitrogens with two attached hydrogens (primary N) is 1. The van der Waals surface area contributed by atoms with E-state index in [1.54, 1.807) is 0 Å². The Kier molecular flexibility index (Phi) is 4.81. The highest BCUT2D eigenvalue weighted by Gasteiger charge is 2.19. The molecule has 2 heteroatoms. The van der Waals surface area contributed by atoms with Crippen molar-refractivity contribution in [1.82, 2.24) is 0 Å². The first kappa shape index (κ1) is 13.0. The molecule has 0 heterocycles. The Labute approximate surface area is 99.2 Å². The molecule has 1 aromatic rings. The predicted molar refractivity (Wildman–Crippen MR) is 71.6 cm³/mol. The third-order valence-electron chi connectivity index (χ3n) is 3.22. The molecule has 0 aliphatic carbocycles. The number of rotatable bonds is 6. The van der Waals surface area contributed by atoms with Gasteiger partial charge >= 0.3 is 0 Å². The summed E-state index contributed by atoms with van der Waals surface area (Å²) in [6.45, 7) is 7.36. The topological polar surface area (TPSA) is 38.0 Å². The average Bonchev–Trinajstić information content (AvgIpc) is 2.30. The summed E-state index contributed by atoms with van der Waals surface area (Å²) in [7, 11) is 0. The van der Waals surface area contributed by atoms with Crippen molar-refractivity contribution in [1.29, 1.82) is 0 Å². The fraction of sp³-hybridized carbons (Fsp3) is 0.571. The molecule has 0 radical (unpaired) electrons. The van der Waals surface area contributed by atoms with Gasteiger partial charge in [0, 0.05) is 17.8 Å². The Morgan fingerprint density at radius 1 is 1.19 bits per heavy atom. The van der Waals surface area contributed by atoms with Crippen LogP contribution in [0.15, 0.2) is 24.3 Å². The summed E-state index contributed by atoms with van der Waals surface area (Å²) in [5.74, 6) is 0. The molecular formula is C14H24N2. The second-order valence-corrected chi connectivity index (χ2v) is 4.69. The largest absolute Gasteiger partial charge is 0.380 e. The van der Waals surface area contributed by atoms with Gasteiger partial charge in [-0.15, -0.1) is 0 Å². The van der Waals surface area contributed by atoms with Gasteiger partial charge in [0.2, 0.25) is 0 Å². The molecule has 0 saturated carbocycles. The van der Waals surface area contributed by atoms with Crippen molar-refractivity contribution in [3.63, 3.8) is 0 Å². The summed E-state index contributed by atoms with van der Waals surface area (Å²) >= 11 is 0. The number of anilines is 1. The second kappa shape index (κ2) is 5.90. The van der Waals surface area contributed by atoms with Crippen molar-refractivity contribution >= 4 is 5.69 Å². The van der Waals surface area contributed by atoms with Crippen molar-refractivity contribution in [2.45, 2.75) is 52.1 Å². The van der Waals surface area contributed by atoms with Crippen molar-refractivity contribution in [2.75, 3.05) is 5.32 Å². The number of hydrogen-bond donors (Lipinski definition) is 2. The highest BCUT2D eigenvalue weighted by Crippen LogP contribution is 2.23. The Hall–Kier alpha value is -1.02. The van der Waals surface area contributed by atoms with Crippen molar-refractivity contribution in [2.24, 2.45) is 5.73 Å². The van der Waals surface area contributed by atoms with Gasteiger partial charge in [-0.3, -0.25) is 0 Å². The predicted octanol–water partition coefficient (Wildman–Crippen LogP) is 3.53. The molecule has 0 bridgehead atoms. The zero-order valence-electron chi connectivity index (χ0n) is 10.7. The van der Waals surface area contributed by atoms with E-state index in [0.717, 1.165) is 6.42 Å². The lowest BCUT2D eigenvalue weighted by atomic mass is 9.92. The maximum atomic E-state index is 5.58. The van der Waals surface area contributed by atoms with Gasteiger partial charge in [0.1, 0.15) is 0 Å². The van der Waals surface area contributed by atoms with Crippen LogP contribution in [0.3, 0.4) is 0 Å². The zero-order chi connectivity index (χ0) is 12.0. The van der Waals surface area contributed by atoms with E-state index in [2.05, 4.69) is 50.4 Å². The van der Waals surface area contributed by atoms with Gasteiger partial charge in [-0.05, 0) is 37.5 Å². The molecule has 0 aliphatic heterocycles. The van der Waals surface area contributed by atoms with E-state index in [4.69, 9.17) is 5.73 Å². The van der Waals surface area contributed by atoms with E-state index in [1.165, 1.54) is 24.1 Å². The summed E-state index contributed by atoms with van der Waals surface area (Å²) in [6, 6.07) is 8.41. The van der Waals surface area contributed by atoms with E-state index >= 15 is 0 Å². The van der Waals surface area contributed by atoms with Gasteiger partial charge in [0.05, 0.1) is 0 Å². The van der Waals surface area contributed by atoms with Crippen LogP contribution in [0, 0.1) is 0 Å². The minimum Gasteiger partial charge on any atom is -0.380 e. The summed E-state index contributed by atoms with van der Waals surface area (Å²) in [5.41, 5.74) is 8.16. The van der Waals surface area contributed by atoms with E-state index in [1.807, 2.05) is 0 Å². The Morgan fingerprint density at radius 2 is 1.81 bits per heavy atom. The zero-order valence-corrected chi connectivity index (χ0v) is 10.7. The SMILES string of the molecule is CCCC(C)(CC)Nc1ccc(CN)cc1. The quantitative estimate of drug-likeness (QED) is 0.769. The third kappa shape index (κ3) is 3.53. The molecule has 0 aliphatic rings. The van der Waals surface area contributed by atoms with E-state index in [-0.39, 0.29) is 5.54 Å². The molecule has 1 atom stereocenters. The van der Waals surface area contributed by atoms with E-state index < -0.39 is 0 Å². The molecular weight excluding hydrogens is 196 g/mol. The maximum Gasteiger partial charge on any atom is 0.0344 e. The van der Waals surface area contributed by atoms with Gasteiger partial charge in [0.25, 0.3) is 0 Å². The van der Waals surface area contributed by atoms with Crippen LogP contribution in [0.1, 0.15) is 45.6 Å². The van der Waals surface area contributed by atoms with Crippen LogP contribution in [0.2, 0.25) is 0 Å². The van der Waals surface area contributed by atoms with Crippen molar-refractivity contribution < 1.29 is 0 Å². The normalized spacial score (nSPS) is 14.5. The fourth-order valence-corrected chi connectivity index (χ4v) is 1.95. The fourth-order valence-electron chi connectivity index (χ4n) is 1.95. The van der Waals surface area contributed by atoms with Gasteiger partial charge in [-0.2, -0.15) is 0 Å². The minimum atomic E-state index is 0.207. The highest BCUT2D eigenvalue weighted by atomic mass is 15.0. The van der Waals surface area contributed by atoms with Crippen LogP contribution in [-0.2, 0) is 6.54 Å². The highest BCUT2D eigenvalue weighted by molar-refractivity contribution is 5.46. The molecule has 0 spiro atoms. The number of nitrogens with one attached hydrogen (secondary N) is 1. The molecule has 0 amide bonds. The molecule has 90 valence electrons. The third-order valence-corrected chi connectivity index (χ3v) is 3.22. The van der Waals surface area contributed by atoms with Gasteiger partial charge in [-0.25, -0.2) is 0 Å². The first-order chi connectivity index (χ1) is 7.63. The van der Waals surface area contributed by atoms with Gasteiger partial charge < -0.3 is 11.1 Å². The Bertz CT molecular complexity index is 305. The number of benzene rings is 1. The lowest BCUT2D eigenvalue weighted by molar-refractivity contribution is 0.451. The molecule has 16 heavy (non-hydrogen) atoms. The van der Waals surface area contributed by atoms with Crippen LogP contribution in [0.5, 0.6) is 0 Å². The molecule has 0 aromatic heterocycles.